The molecule has 3 nitrogen and oxygen atoms in total. The van der Waals surface area contributed by atoms with Crippen LogP contribution < -0.4 is 0 Å². The molecule has 0 unspecified atom stereocenters. The second-order valence-electron chi connectivity index (χ2n) is 2.24. The molecule has 0 atom stereocenters. The fourth-order valence-corrected chi connectivity index (χ4v) is 1.46. The lowest BCUT2D eigenvalue weighted by Crippen LogP contribution is -2.05. The van der Waals surface area contributed by atoms with Crippen LogP contribution in [0, 0.1) is 0 Å². The maximum Gasteiger partial charge on any atom is 0.181 e. The predicted octanol–water partition coefficient (Wildman–Crippen LogP) is 1.78. The van der Waals surface area contributed by atoms with Gasteiger partial charge in [0.15, 0.2) is 5.78 Å². The Bertz CT molecular complexity index is 260. The minimum atomic E-state index is 0.108. The third-order valence-electron chi connectivity index (χ3n) is 1.48. The lowest BCUT2D eigenvalue weighted by Gasteiger charge is -1.97. The highest BCUT2D eigenvalue weighted by atomic mass is 79.9. The molecule has 0 saturated carbocycles. The Morgan fingerprint density at radius 1 is 1.82 bits per heavy atom. The summed E-state index contributed by atoms with van der Waals surface area (Å²) >= 11 is 3.25. The Hall–Kier alpha value is -0.640. The lowest BCUT2D eigenvalue weighted by atomic mass is 10.2. The highest BCUT2D eigenvalue weighted by Gasteiger charge is 2.12. The average Bonchev–Trinajstić information content (AvgIpc) is 2.30. The number of ketones is 1. The van der Waals surface area contributed by atoms with Gasteiger partial charge >= 0.3 is 0 Å². The molecule has 0 N–H and O–H groups in total. The molecule has 4 heteroatoms. The number of halogens is 1. The smallest absolute Gasteiger partial charge is 0.181 e. The summed E-state index contributed by atoms with van der Waals surface area (Å²) in [6.07, 6.45) is 2.14. The third kappa shape index (κ3) is 1.50. The van der Waals surface area contributed by atoms with E-state index in [1.807, 2.05) is 6.92 Å². The van der Waals surface area contributed by atoms with Gasteiger partial charge in [-0.1, -0.05) is 6.92 Å². The molecule has 60 valence electrons. The van der Waals surface area contributed by atoms with E-state index in [0.29, 0.717) is 12.1 Å². The first kappa shape index (κ1) is 8.46. The maximum absolute atomic E-state index is 11.2. The van der Waals surface area contributed by atoms with E-state index >= 15 is 0 Å². The Morgan fingerprint density at radius 2 is 2.45 bits per heavy atom. The van der Waals surface area contributed by atoms with Crippen molar-refractivity contribution in [3.63, 3.8) is 0 Å². The SMILES string of the molecule is CCC(=O)c1c(Br)cnn1C. The van der Waals surface area contributed by atoms with E-state index in [1.54, 1.807) is 17.9 Å². The van der Waals surface area contributed by atoms with Crippen molar-refractivity contribution in [1.29, 1.82) is 0 Å². The van der Waals surface area contributed by atoms with Crippen molar-refractivity contribution in [1.82, 2.24) is 9.78 Å². The van der Waals surface area contributed by atoms with E-state index in [4.69, 9.17) is 0 Å². The highest BCUT2D eigenvalue weighted by Crippen LogP contribution is 2.16. The third-order valence-corrected chi connectivity index (χ3v) is 2.06. The van der Waals surface area contributed by atoms with Crippen LogP contribution in [0.15, 0.2) is 10.7 Å². The van der Waals surface area contributed by atoms with E-state index in [2.05, 4.69) is 21.0 Å². The van der Waals surface area contributed by atoms with Gasteiger partial charge in [0.05, 0.1) is 10.7 Å². The zero-order valence-electron chi connectivity index (χ0n) is 6.47. The topological polar surface area (TPSA) is 34.9 Å². The van der Waals surface area contributed by atoms with Gasteiger partial charge < -0.3 is 0 Å². The van der Waals surface area contributed by atoms with E-state index in [1.165, 1.54) is 0 Å². The Labute approximate surface area is 73.5 Å². The number of aromatic nitrogens is 2. The molecular formula is C7H9BrN2O. The van der Waals surface area contributed by atoms with E-state index < -0.39 is 0 Å². The molecule has 0 aliphatic carbocycles. The van der Waals surface area contributed by atoms with E-state index in [0.717, 1.165) is 4.47 Å². The largest absolute Gasteiger partial charge is 0.292 e. The van der Waals surface area contributed by atoms with Crippen molar-refractivity contribution in [2.24, 2.45) is 7.05 Å². The van der Waals surface area contributed by atoms with Crippen LogP contribution in [0.25, 0.3) is 0 Å². The predicted molar refractivity (Wildman–Crippen MR) is 45.5 cm³/mol. The van der Waals surface area contributed by atoms with E-state index in [9.17, 15) is 4.79 Å². The van der Waals surface area contributed by atoms with Gasteiger partial charge in [-0.3, -0.25) is 9.48 Å². The molecule has 0 saturated heterocycles. The monoisotopic (exact) mass is 216 g/mol. The minimum Gasteiger partial charge on any atom is -0.292 e. The van der Waals surface area contributed by atoms with Crippen LogP contribution in [0.4, 0.5) is 0 Å². The Kier molecular flexibility index (Phi) is 2.44. The number of carbonyl (C=O) groups excluding carboxylic acids is 1. The van der Waals surface area contributed by atoms with Crippen LogP contribution in [0.3, 0.4) is 0 Å². The molecule has 0 aliphatic rings. The van der Waals surface area contributed by atoms with Crippen molar-refractivity contribution in [2.75, 3.05) is 0 Å². The molecule has 0 aliphatic heterocycles. The zero-order chi connectivity index (χ0) is 8.43. The number of Topliss-reactive ketones (excluding diaryl/α,β-unsaturated/α-hetero) is 1. The summed E-state index contributed by atoms with van der Waals surface area (Å²) in [6, 6.07) is 0. The van der Waals surface area contributed by atoms with Crippen LogP contribution >= 0.6 is 15.9 Å². The molecule has 1 rings (SSSR count). The van der Waals surface area contributed by atoms with E-state index in [-0.39, 0.29) is 5.78 Å². The second kappa shape index (κ2) is 3.17. The minimum absolute atomic E-state index is 0.108. The van der Waals surface area contributed by atoms with Gasteiger partial charge in [0, 0.05) is 13.5 Å². The van der Waals surface area contributed by atoms with Crippen LogP contribution in [0.5, 0.6) is 0 Å². The molecule has 1 aromatic heterocycles. The van der Waals surface area contributed by atoms with Crippen LogP contribution in [0.2, 0.25) is 0 Å². The summed E-state index contributed by atoms with van der Waals surface area (Å²) in [7, 11) is 1.76. The second-order valence-corrected chi connectivity index (χ2v) is 3.10. The van der Waals surface area contributed by atoms with Crippen LogP contribution in [-0.4, -0.2) is 15.6 Å². The molecule has 0 bridgehead atoms. The highest BCUT2D eigenvalue weighted by molar-refractivity contribution is 9.10. The number of aryl methyl sites for hydroxylation is 1. The maximum atomic E-state index is 11.2. The molecule has 1 aromatic rings. The Balaban J connectivity index is 3.10. The molecule has 0 fully saturated rings. The van der Waals surface area contributed by atoms with Gasteiger partial charge in [-0.2, -0.15) is 5.10 Å². The first-order chi connectivity index (χ1) is 5.16. The quantitative estimate of drug-likeness (QED) is 0.707. The lowest BCUT2D eigenvalue weighted by molar-refractivity contribution is 0.0978. The van der Waals surface area contributed by atoms with Crippen LogP contribution in [0.1, 0.15) is 23.8 Å². The first-order valence-corrected chi connectivity index (χ1v) is 4.16. The standard InChI is InChI=1S/C7H9BrN2O/c1-3-6(11)7-5(8)4-9-10(7)2/h4H,3H2,1-2H3. The number of carbonyl (C=O) groups is 1. The van der Waals surface area contributed by atoms with Crippen molar-refractivity contribution in [3.8, 4) is 0 Å². The first-order valence-electron chi connectivity index (χ1n) is 3.37. The summed E-state index contributed by atoms with van der Waals surface area (Å²) < 4.78 is 2.35. The van der Waals surface area contributed by atoms with Gasteiger partial charge in [0.1, 0.15) is 5.69 Å². The summed E-state index contributed by atoms with van der Waals surface area (Å²) in [6.45, 7) is 1.84. The zero-order valence-corrected chi connectivity index (χ0v) is 8.05. The van der Waals surface area contributed by atoms with Crippen molar-refractivity contribution >= 4 is 21.7 Å². The fourth-order valence-electron chi connectivity index (χ4n) is 0.892. The molecular weight excluding hydrogens is 208 g/mol. The number of hydrogen-bond donors (Lipinski definition) is 0. The molecule has 0 radical (unpaired) electrons. The summed E-state index contributed by atoms with van der Waals surface area (Å²) in [4.78, 5) is 11.2. The summed E-state index contributed by atoms with van der Waals surface area (Å²) in [5.41, 5.74) is 0.646. The van der Waals surface area contributed by atoms with Gasteiger partial charge in [-0.25, -0.2) is 0 Å². The fraction of sp³-hybridized carbons (Fsp3) is 0.429. The van der Waals surface area contributed by atoms with Gasteiger partial charge in [-0.05, 0) is 15.9 Å². The molecule has 1 heterocycles. The normalized spacial score (nSPS) is 10.1. The number of rotatable bonds is 2. The summed E-state index contributed by atoms with van der Waals surface area (Å²) in [5, 5.41) is 3.93. The Morgan fingerprint density at radius 3 is 2.82 bits per heavy atom. The molecule has 0 spiro atoms. The van der Waals surface area contributed by atoms with Gasteiger partial charge in [-0.15, -0.1) is 0 Å². The van der Waals surface area contributed by atoms with Crippen molar-refractivity contribution in [2.45, 2.75) is 13.3 Å². The van der Waals surface area contributed by atoms with Crippen molar-refractivity contribution < 1.29 is 4.79 Å². The van der Waals surface area contributed by atoms with Crippen LogP contribution in [-0.2, 0) is 7.05 Å². The average molecular weight is 217 g/mol. The van der Waals surface area contributed by atoms with Gasteiger partial charge in [0.2, 0.25) is 0 Å². The molecule has 0 aromatic carbocycles. The molecule has 11 heavy (non-hydrogen) atoms. The summed E-state index contributed by atoms with van der Waals surface area (Å²) in [5.74, 6) is 0.108. The van der Waals surface area contributed by atoms with Crippen molar-refractivity contribution in [3.05, 3.63) is 16.4 Å². The number of hydrogen-bond acceptors (Lipinski definition) is 2. The molecule has 0 amide bonds. The van der Waals surface area contributed by atoms with Gasteiger partial charge in [0.25, 0.3) is 0 Å². The number of nitrogens with zero attached hydrogens (tertiary/aromatic N) is 2.